The lowest BCUT2D eigenvalue weighted by Crippen LogP contribution is -1.88. The molecule has 1 rings (SSSR count). The quantitative estimate of drug-likeness (QED) is 0.402. The Hall–Kier alpha value is -1.46. The van der Waals surface area contributed by atoms with Crippen LogP contribution in [0.2, 0.25) is 1.41 Å². The number of aromatic nitrogens is 3. The summed E-state index contributed by atoms with van der Waals surface area (Å²) < 4.78 is 6.65. The van der Waals surface area contributed by atoms with Gasteiger partial charge in [-0.1, -0.05) is 4.98 Å². The summed E-state index contributed by atoms with van der Waals surface area (Å²) in [6.07, 6.45) is 0.943. The minimum Gasteiger partial charge on any atom is -0.390 e. The lowest BCUT2D eigenvalue weighted by Gasteiger charge is -1.80. The van der Waals surface area contributed by atoms with E-state index in [9.17, 15) is 10.1 Å². The molecule has 0 aliphatic heterocycles. The van der Waals surface area contributed by atoms with Gasteiger partial charge in [0.2, 0.25) is 7.74 Å². The van der Waals surface area contributed by atoms with E-state index in [1.54, 1.807) is 0 Å². The van der Waals surface area contributed by atoms with Crippen molar-refractivity contribution in [2.24, 2.45) is 0 Å². The summed E-state index contributed by atoms with van der Waals surface area (Å²) in [4.78, 5) is 12.2. The number of H-pyrrole nitrogens is 1. The van der Waals surface area contributed by atoms with Gasteiger partial charge in [0.15, 0.2) is 0 Å². The Balaban J connectivity index is 2.98. The van der Waals surface area contributed by atoms with Crippen LogP contribution in [0.4, 0.5) is 5.95 Å². The molecule has 0 atom stereocenters. The van der Waals surface area contributed by atoms with Crippen molar-refractivity contribution in [3.05, 3.63) is 16.4 Å². The highest BCUT2D eigenvalue weighted by Gasteiger charge is 2.05. The zero-order chi connectivity index (χ0) is 6.85. The molecule has 1 aromatic rings. The number of rotatable bonds is 1. The van der Waals surface area contributed by atoms with E-state index >= 15 is 0 Å². The summed E-state index contributed by atoms with van der Waals surface area (Å²) in [5, 5.41) is 13.4. The van der Waals surface area contributed by atoms with E-state index in [0.29, 0.717) is 5.09 Å². The van der Waals surface area contributed by atoms with Crippen molar-refractivity contribution >= 4 is 5.95 Å². The summed E-state index contributed by atoms with van der Waals surface area (Å²) in [5.41, 5.74) is 0. The van der Waals surface area contributed by atoms with Crippen LogP contribution in [-0.4, -0.2) is 20.1 Å². The van der Waals surface area contributed by atoms with Crippen LogP contribution in [-0.2, 0) is 0 Å². The lowest BCUT2D eigenvalue weighted by atomic mass is 11.1. The Labute approximate surface area is 45.2 Å². The van der Waals surface area contributed by atoms with Crippen molar-refractivity contribution < 1.29 is 6.34 Å². The van der Waals surface area contributed by atoms with Crippen LogP contribution in [0.25, 0.3) is 0 Å². The number of nitrogens with zero attached hydrogens (tertiary/aromatic N) is 3. The van der Waals surface area contributed by atoms with Gasteiger partial charge in [-0.15, -0.1) is 0 Å². The Kier molecular flexibility index (Phi) is 0.691. The molecule has 0 aromatic carbocycles. The molecule has 1 heterocycles. The van der Waals surface area contributed by atoms with Crippen LogP contribution >= 0.6 is 0 Å². The molecule has 0 saturated carbocycles. The SMILES string of the molecule is [2H]n1cnc([N+](=O)[O-])n1. The molecule has 0 radical (unpaired) electrons. The number of hydrogen-bond acceptors (Lipinski definition) is 4. The van der Waals surface area contributed by atoms with Gasteiger partial charge in [-0.3, -0.25) is 0 Å². The summed E-state index contributed by atoms with van der Waals surface area (Å²) in [6.45, 7) is 0. The van der Waals surface area contributed by atoms with Crippen LogP contribution < -0.4 is 0 Å². The monoisotopic (exact) mass is 115 g/mol. The molecule has 6 heteroatoms. The standard InChI is InChI=1S/C2H2N4O2/c7-6(8)2-3-1-4-5-2/h1H,(H,3,4,5)/i/hD. The largest absolute Gasteiger partial charge is 0.490 e. The molecule has 1 aromatic heterocycles. The van der Waals surface area contributed by atoms with Crippen molar-refractivity contribution in [2.45, 2.75) is 0 Å². The van der Waals surface area contributed by atoms with Crippen molar-refractivity contribution in [2.75, 3.05) is 0 Å². The van der Waals surface area contributed by atoms with E-state index in [1.165, 1.54) is 0 Å². The number of nitro groups is 1. The van der Waals surface area contributed by atoms with E-state index in [1.807, 2.05) is 0 Å². The fraction of sp³-hybridized carbons (Fsp3) is 0. The predicted molar refractivity (Wildman–Crippen MR) is 23.0 cm³/mol. The van der Waals surface area contributed by atoms with E-state index in [-0.39, 0.29) is 0 Å². The van der Waals surface area contributed by atoms with Crippen LogP contribution in [0.1, 0.15) is 0 Å². The molecule has 0 spiro atoms. The van der Waals surface area contributed by atoms with Crippen LogP contribution in [0.3, 0.4) is 0 Å². The third kappa shape index (κ3) is 0.625. The highest BCUT2D eigenvalue weighted by atomic mass is 16.6. The summed E-state index contributed by atoms with van der Waals surface area (Å²) in [6, 6.07) is 0. The molecule has 0 aliphatic carbocycles. The summed E-state index contributed by atoms with van der Waals surface area (Å²) in [5.74, 6) is -0.551. The second-order valence-corrected chi connectivity index (χ2v) is 1.02. The van der Waals surface area contributed by atoms with Gasteiger partial charge in [-0.2, -0.15) is 5.09 Å². The first kappa shape index (κ1) is 3.53. The maximum atomic E-state index is 9.80. The highest BCUT2D eigenvalue weighted by molar-refractivity contribution is 4.94. The van der Waals surface area contributed by atoms with Crippen molar-refractivity contribution in [1.29, 1.82) is 0 Å². The molecular weight excluding hydrogens is 112 g/mol. The highest BCUT2D eigenvalue weighted by Crippen LogP contribution is 1.93. The fourth-order valence-corrected chi connectivity index (χ4v) is 0.264. The Morgan fingerprint density at radius 3 is 3.12 bits per heavy atom. The molecule has 0 aliphatic rings. The lowest BCUT2D eigenvalue weighted by molar-refractivity contribution is -0.394. The smallest absolute Gasteiger partial charge is 0.390 e. The molecule has 0 bridgehead atoms. The van der Waals surface area contributed by atoms with E-state index < -0.39 is 10.9 Å². The van der Waals surface area contributed by atoms with E-state index in [0.717, 1.165) is 6.33 Å². The van der Waals surface area contributed by atoms with Gasteiger partial charge >= 0.3 is 5.95 Å². The topological polar surface area (TPSA) is 84.7 Å². The predicted octanol–water partition coefficient (Wildman–Crippen LogP) is -0.287. The van der Waals surface area contributed by atoms with Gasteiger partial charge < -0.3 is 10.1 Å². The first-order valence-electron chi connectivity index (χ1n) is 2.20. The van der Waals surface area contributed by atoms with Crippen molar-refractivity contribution in [1.82, 2.24) is 15.2 Å². The zero-order valence-corrected chi connectivity index (χ0v) is 3.68. The number of aromatic amines is 1. The summed E-state index contributed by atoms with van der Waals surface area (Å²) in [7, 11) is 0. The zero-order valence-electron chi connectivity index (χ0n) is 4.68. The number of nitrogens with one attached hydrogen (secondary N) is 1. The maximum Gasteiger partial charge on any atom is 0.490 e. The minimum absolute atomic E-state index is 0.526. The molecule has 8 heavy (non-hydrogen) atoms. The van der Waals surface area contributed by atoms with Crippen LogP contribution in [0.5, 0.6) is 0 Å². The maximum absolute atomic E-state index is 9.80. The Bertz CT molecular complexity index is 232. The molecule has 42 valence electrons. The van der Waals surface area contributed by atoms with Crippen molar-refractivity contribution in [3.8, 4) is 0 Å². The number of hydrogen-bond donors (Lipinski definition) is 1. The molecule has 0 fully saturated rings. The molecule has 0 unspecified atom stereocenters. The van der Waals surface area contributed by atoms with Gasteiger partial charge in [0.25, 0.3) is 0 Å². The van der Waals surface area contributed by atoms with Crippen molar-refractivity contribution in [3.63, 3.8) is 0 Å². The third-order valence-corrected chi connectivity index (χ3v) is 0.535. The molecular formula is C2H2N4O2. The molecule has 1 N–H and O–H groups in total. The van der Waals surface area contributed by atoms with Gasteiger partial charge in [-0.25, -0.2) is 0 Å². The first-order valence-corrected chi connectivity index (χ1v) is 1.75. The molecule has 6 nitrogen and oxygen atoms in total. The van der Waals surface area contributed by atoms with Gasteiger partial charge in [0.05, 0.1) is 0 Å². The third-order valence-electron chi connectivity index (χ3n) is 0.535. The average molecular weight is 115 g/mol. The first-order chi connectivity index (χ1) is 4.20. The normalized spacial score (nSPS) is 10.8. The van der Waals surface area contributed by atoms with Gasteiger partial charge in [-0.05, 0) is 4.92 Å². The second kappa shape index (κ2) is 1.57. The second-order valence-electron chi connectivity index (χ2n) is 1.02. The van der Waals surface area contributed by atoms with Gasteiger partial charge in [0.1, 0.15) is 0 Å². The minimum atomic E-state index is -0.759. The van der Waals surface area contributed by atoms with Crippen LogP contribution in [0, 0.1) is 10.1 Å². The van der Waals surface area contributed by atoms with Crippen LogP contribution in [0.15, 0.2) is 6.33 Å². The fourth-order valence-electron chi connectivity index (χ4n) is 0.264. The summed E-state index contributed by atoms with van der Waals surface area (Å²) >= 11 is 0. The van der Waals surface area contributed by atoms with Gasteiger partial charge in [0, 0.05) is 5.10 Å². The van der Waals surface area contributed by atoms with E-state index in [2.05, 4.69) is 10.1 Å². The average Bonchev–Trinajstić information content (AvgIpc) is 2.14. The Morgan fingerprint density at radius 2 is 2.88 bits per heavy atom. The molecule has 0 saturated heterocycles. The molecule has 0 amide bonds. The Morgan fingerprint density at radius 1 is 2.12 bits per heavy atom. The van der Waals surface area contributed by atoms with E-state index in [4.69, 9.17) is 1.41 Å².